The maximum Gasteiger partial charge on any atom is 0.320 e. The van der Waals surface area contributed by atoms with E-state index in [1.807, 2.05) is 6.92 Å². The third kappa shape index (κ3) is 3.89. The number of amides is 2. The van der Waals surface area contributed by atoms with Gasteiger partial charge < -0.3 is 19.6 Å². The molecule has 98 valence electrons. The summed E-state index contributed by atoms with van der Waals surface area (Å²) in [5.41, 5.74) is 0. The number of hydrogen-bond acceptors (Lipinski definition) is 3. The highest BCUT2D eigenvalue weighted by Crippen LogP contribution is 2.06. The molecule has 0 bridgehead atoms. The minimum absolute atomic E-state index is 0.0936. The van der Waals surface area contributed by atoms with E-state index in [0.29, 0.717) is 32.8 Å². The van der Waals surface area contributed by atoms with E-state index in [-0.39, 0.29) is 12.6 Å². The van der Waals surface area contributed by atoms with Gasteiger partial charge in [-0.1, -0.05) is 6.92 Å². The number of carboxylic acid groups (broad SMARTS) is 1. The number of urea groups is 1. The Morgan fingerprint density at radius 3 is 2.47 bits per heavy atom. The summed E-state index contributed by atoms with van der Waals surface area (Å²) >= 11 is 0. The predicted molar refractivity (Wildman–Crippen MR) is 61.8 cm³/mol. The van der Waals surface area contributed by atoms with Gasteiger partial charge in [-0.25, -0.2) is 4.79 Å². The molecule has 0 aliphatic carbocycles. The number of carbonyl (C=O) groups excluding carboxylic acids is 1. The van der Waals surface area contributed by atoms with Gasteiger partial charge in [0, 0.05) is 26.2 Å². The topological polar surface area (TPSA) is 70.1 Å². The second-order valence-electron chi connectivity index (χ2n) is 4.16. The quantitative estimate of drug-likeness (QED) is 0.781. The first-order chi connectivity index (χ1) is 8.06. The van der Waals surface area contributed by atoms with E-state index in [9.17, 15) is 9.59 Å². The lowest BCUT2D eigenvalue weighted by atomic mass is 10.2. The van der Waals surface area contributed by atoms with Gasteiger partial charge in [-0.15, -0.1) is 0 Å². The predicted octanol–water partition coefficient (Wildman–Crippen LogP) is 0.481. The lowest BCUT2D eigenvalue weighted by molar-refractivity contribution is -0.141. The number of carboxylic acids is 1. The van der Waals surface area contributed by atoms with Crippen LogP contribution < -0.4 is 0 Å². The van der Waals surface area contributed by atoms with E-state index in [2.05, 4.69) is 0 Å². The Labute approximate surface area is 101 Å². The van der Waals surface area contributed by atoms with Gasteiger partial charge in [0.15, 0.2) is 0 Å². The Hall–Kier alpha value is -1.30. The van der Waals surface area contributed by atoms with Crippen molar-refractivity contribution < 1.29 is 19.4 Å². The van der Waals surface area contributed by atoms with Gasteiger partial charge in [0.05, 0.1) is 19.1 Å². The normalized spacial score (nSPS) is 17.6. The molecule has 1 unspecified atom stereocenters. The summed E-state index contributed by atoms with van der Waals surface area (Å²) in [6.45, 7) is 6.50. The Kier molecular flexibility index (Phi) is 5.21. The highest BCUT2D eigenvalue weighted by atomic mass is 16.5. The molecule has 0 saturated carbocycles. The summed E-state index contributed by atoms with van der Waals surface area (Å²) in [5.74, 6) is -1.42. The van der Waals surface area contributed by atoms with Crippen LogP contribution in [0.1, 0.15) is 13.8 Å². The standard InChI is InChI=1S/C11H20N2O4/c1-3-12(8-9(2)10(14)15)11(16)13-4-6-17-7-5-13/h9H,3-8H2,1-2H3,(H,14,15). The highest BCUT2D eigenvalue weighted by Gasteiger charge is 2.24. The van der Waals surface area contributed by atoms with Crippen molar-refractivity contribution in [1.82, 2.24) is 9.80 Å². The Bertz CT molecular complexity index is 277. The third-order valence-corrected chi connectivity index (χ3v) is 2.85. The molecule has 0 aromatic carbocycles. The Morgan fingerprint density at radius 1 is 1.41 bits per heavy atom. The van der Waals surface area contributed by atoms with Gasteiger partial charge in [0.25, 0.3) is 0 Å². The van der Waals surface area contributed by atoms with E-state index in [1.165, 1.54) is 0 Å². The van der Waals surface area contributed by atoms with Crippen molar-refractivity contribution in [2.45, 2.75) is 13.8 Å². The van der Waals surface area contributed by atoms with Crippen molar-refractivity contribution in [3.05, 3.63) is 0 Å². The zero-order valence-electron chi connectivity index (χ0n) is 10.4. The van der Waals surface area contributed by atoms with Gasteiger partial charge >= 0.3 is 12.0 Å². The van der Waals surface area contributed by atoms with E-state index < -0.39 is 11.9 Å². The molecule has 1 aliphatic rings. The van der Waals surface area contributed by atoms with Crippen LogP contribution in [0.25, 0.3) is 0 Å². The molecule has 17 heavy (non-hydrogen) atoms. The molecular weight excluding hydrogens is 224 g/mol. The molecule has 0 aromatic heterocycles. The molecule has 1 fully saturated rings. The van der Waals surface area contributed by atoms with Gasteiger partial charge in [-0.3, -0.25) is 4.79 Å². The molecule has 6 heteroatoms. The monoisotopic (exact) mass is 244 g/mol. The Balaban J connectivity index is 2.53. The fourth-order valence-electron chi connectivity index (χ4n) is 1.71. The molecule has 0 aromatic rings. The minimum Gasteiger partial charge on any atom is -0.481 e. The van der Waals surface area contributed by atoms with Gasteiger partial charge in [-0.2, -0.15) is 0 Å². The van der Waals surface area contributed by atoms with Gasteiger partial charge in [-0.05, 0) is 6.92 Å². The summed E-state index contributed by atoms with van der Waals surface area (Å²) < 4.78 is 5.18. The first-order valence-corrected chi connectivity index (χ1v) is 5.90. The maximum atomic E-state index is 12.1. The first kappa shape index (κ1) is 13.8. The zero-order valence-corrected chi connectivity index (χ0v) is 10.4. The summed E-state index contributed by atoms with van der Waals surface area (Å²) in [4.78, 5) is 26.2. The number of carbonyl (C=O) groups is 2. The SMILES string of the molecule is CCN(CC(C)C(=O)O)C(=O)N1CCOCC1. The van der Waals surface area contributed by atoms with Crippen LogP contribution in [0.4, 0.5) is 4.79 Å². The lowest BCUT2D eigenvalue weighted by Gasteiger charge is -2.33. The number of ether oxygens (including phenoxy) is 1. The average molecular weight is 244 g/mol. The summed E-state index contributed by atoms with van der Waals surface area (Å²) in [6, 6.07) is -0.0936. The molecule has 1 N–H and O–H groups in total. The molecule has 6 nitrogen and oxygen atoms in total. The minimum atomic E-state index is -0.877. The third-order valence-electron chi connectivity index (χ3n) is 2.85. The van der Waals surface area contributed by atoms with Crippen LogP contribution in [0.5, 0.6) is 0 Å². The van der Waals surface area contributed by atoms with Crippen LogP contribution in [0.3, 0.4) is 0 Å². The fraction of sp³-hybridized carbons (Fsp3) is 0.818. The molecule has 1 saturated heterocycles. The van der Waals surface area contributed by atoms with Crippen LogP contribution >= 0.6 is 0 Å². The molecule has 2 amide bonds. The number of nitrogens with zero attached hydrogens (tertiary/aromatic N) is 2. The van der Waals surface area contributed by atoms with Gasteiger partial charge in [0.1, 0.15) is 0 Å². The number of hydrogen-bond donors (Lipinski definition) is 1. The highest BCUT2D eigenvalue weighted by molar-refractivity contribution is 5.76. The number of rotatable bonds is 4. The van der Waals surface area contributed by atoms with Crippen molar-refractivity contribution in [1.29, 1.82) is 0 Å². The second kappa shape index (κ2) is 6.44. The van der Waals surface area contributed by atoms with Gasteiger partial charge in [0.2, 0.25) is 0 Å². The zero-order chi connectivity index (χ0) is 12.8. The van der Waals surface area contributed by atoms with E-state index >= 15 is 0 Å². The number of morpholine rings is 1. The number of aliphatic carboxylic acids is 1. The van der Waals surface area contributed by atoms with Crippen LogP contribution in [0.15, 0.2) is 0 Å². The fourth-order valence-corrected chi connectivity index (χ4v) is 1.71. The smallest absolute Gasteiger partial charge is 0.320 e. The van der Waals surface area contributed by atoms with Crippen molar-refractivity contribution in [3.8, 4) is 0 Å². The van der Waals surface area contributed by atoms with Crippen LogP contribution in [0.2, 0.25) is 0 Å². The average Bonchev–Trinajstić information content (AvgIpc) is 2.35. The molecule has 1 aliphatic heterocycles. The van der Waals surface area contributed by atoms with Crippen LogP contribution in [-0.4, -0.2) is 66.3 Å². The largest absolute Gasteiger partial charge is 0.481 e. The Morgan fingerprint density at radius 2 is 2.00 bits per heavy atom. The molecule has 1 heterocycles. The van der Waals surface area contributed by atoms with Crippen molar-refractivity contribution >= 4 is 12.0 Å². The molecule has 1 atom stereocenters. The van der Waals surface area contributed by atoms with E-state index in [0.717, 1.165) is 0 Å². The molecule has 0 spiro atoms. The molecule has 1 rings (SSSR count). The van der Waals surface area contributed by atoms with E-state index in [1.54, 1.807) is 16.7 Å². The molecule has 0 radical (unpaired) electrons. The van der Waals surface area contributed by atoms with Crippen molar-refractivity contribution in [2.24, 2.45) is 5.92 Å². The van der Waals surface area contributed by atoms with E-state index in [4.69, 9.17) is 9.84 Å². The van der Waals surface area contributed by atoms with Crippen LogP contribution in [-0.2, 0) is 9.53 Å². The van der Waals surface area contributed by atoms with Crippen molar-refractivity contribution in [2.75, 3.05) is 39.4 Å². The first-order valence-electron chi connectivity index (χ1n) is 5.90. The van der Waals surface area contributed by atoms with Crippen molar-refractivity contribution in [3.63, 3.8) is 0 Å². The summed E-state index contributed by atoms with van der Waals surface area (Å²) in [7, 11) is 0. The second-order valence-corrected chi connectivity index (χ2v) is 4.16. The van der Waals surface area contributed by atoms with Crippen LogP contribution in [0, 0.1) is 5.92 Å². The maximum absolute atomic E-state index is 12.1. The lowest BCUT2D eigenvalue weighted by Crippen LogP contribution is -2.49. The summed E-state index contributed by atoms with van der Waals surface area (Å²) in [6.07, 6.45) is 0. The summed E-state index contributed by atoms with van der Waals surface area (Å²) in [5, 5.41) is 8.85. The molecular formula is C11H20N2O4.